The summed E-state index contributed by atoms with van der Waals surface area (Å²) in [6, 6.07) is 6.69. The molecule has 2 fully saturated rings. The summed E-state index contributed by atoms with van der Waals surface area (Å²) in [6.45, 7) is 3.57. The average Bonchev–Trinajstić information content (AvgIpc) is 2.87. The first-order valence-electron chi connectivity index (χ1n) is 7.94. The summed E-state index contributed by atoms with van der Waals surface area (Å²) in [7, 11) is -3.20. The van der Waals surface area contributed by atoms with Crippen LogP contribution in [0.15, 0.2) is 24.3 Å². The minimum atomic E-state index is -3.20. The number of likely N-dealkylation sites (tertiary alicyclic amines) is 1. The number of sulfonamides is 1. The van der Waals surface area contributed by atoms with Crippen LogP contribution in [-0.4, -0.2) is 51.9 Å². The van der Waals surface area contributed by atoms with Gasteiger partial charge in [-0.25, -0.2) is 17.5 Å². The fraction of sp³-hybridized carbons (Fsp3) is 0.625. The molecule has 0 spiro atoms. The number of hydrogen-bond acceptors (Lipinski definition) is 4. The van der Waals surface area contributed by atoms with Crippen LogP contribution in [0.25, 0.3) is 0 Å². The summed E-state index contributed by atoms with van der Waals surface area (Å²) in [5.41, 5.74) is 0.966. The van der Waals surface area contributed by atoms with Crippen LogP contribution in [0.1, 0.15) is 12.0 Å². The van der Waals surface area contributed by atoms with Crippen molar-refractivity contribution in [2.24, 2.45) is 11.8 Å². The largest absolute Gasteiger partial charge is 0.376 e. The Morgan fingerprint density at radius 3 is 3.00 bits per heavy atom. The minimum Gasteiger partial charge on any atom is -0.376 e. The Kier molecular flexibility index (Phi) is 5.01. The number of fused-ring (bicyclic) bond motifs is 1. The van der Waals surface area contributed by atoms with Gasteiger partial charge in [0.15, 0.2) is 0 Å². The highest BCUT2D eigenvalue weighted by Crippen LogP contribution is 2.34. The average molecular weight is 342 g/mol. The number of ether oxygens (including phenoxy) is 1. The van der Waals surface area contributed by atoms with Gasteiger partial charge in [0, 0.05) is 25.6 Å². The van der Waals surface area contributed by atoms with Crippen molar-refractivity contribution in [1.82, 2.24) is 9.62 Å². The second kappa shape index (κ2) is 6.84. The fourth-order valence-corrected chi connectivity index (χ4v) is 4.05. The van der Waals surface area contributed by atoms with Crippen molar-refractivity contribution in [2.45, 2.75) is 19.1 Å². The summed E-state index contributed by atoms with van der Waals surface area (Å²) < 4.78 is 44.2. The molecule has 0 saturated carbocycles. The zero-order valence-corrected chi connectivity index (χ0v) is 14.1. The quantitative estimate of drug-likeness (QED) is 0.874. The molecule has 23 heavy (non-hydrogen) atoms. The molecule has 128 valence electrons. The van der Waals surface area contributed by atoms with Crippen molar-refractivity contribution in [3.63, 3.8) is 0 Å². The maximum Gasteiger partial charge on any atom is 0.208 e. The molecule has 2 aliphatic heterocycles. The number of nitrogens with zero attached hydrogens (tertiary/aromatic N) is 1. The number of nitrogens with one attached hydrogen (secondary N) is 1. The van der Waals surface area contributed by atoms with Gasteiger partial charge in [-0.05, 0) is 36.6 Å². The maximum atomic E-state index is 13.3. The van der Waals surface area contributed by atoms with E-state index in [4.69, 9.17) is 4.74 Å². The Labute approximate surface area is 136 Å². The van der Waals surface area contributed by atoms with Crippen molar-refractivity contribution < 1.29 is 17.5 Å². The van der Waals surface area contributed by atoms with Crippen LogP contribution in [0.3, 0.4) is 0 Å². The van der Waals surface area contributed by atoms with Gasteiger partial charge in [-0.15, -0.1) is 0 Å². The van der Waals surface area contributed by atoms with E-state index in [1.807, 2.05) is 6.07 Å². The van der Waals surface area contributed by atoms with Gasteiger partial charge in [-0.2, -0.15) is 0 Å². The van der Waals surface area contributed by atoms with Crippen LogP contribution in [0.2, 0.25) is 0 Å². The van der Waals surface area contributed by atoms with Crippen LogP contribution in [0, 0.1) is 17.7 Å². The van der Waals surface area contributed by atoms with Crippen LogP contribution >= 0.6 is 0 Å². The lowest BCUT2D eigenvalue weighted by Gasteiger charge is -2.36. The molecule has 0 unspecified atom stereocenters. The van der Waals surface area contributed by atoms with Crippen molar-refractivity contribution >= 4 is 10.0 Å². The van der Waals surface area contributed by atoms with Gasteiger partial charge < -0.3 is 4.74 Å². The predicted octanol–water partition coefficient (Wildman–Crippen LogP) is 1.21. The smallest absolute Gasteiger partial charge is 0.208 e. The van der Waals surface area contributed by atoms with Crippen molar-refractivity contribution in [2.75, 3.05) is 32.5 Å². The van der Waals surface area contributed by atoms with Crippen LogP contribution in [-0.2, 0) is 21.3 Å². The Balaban J connectivity index is 1.60. The highest BCUT2D eigenvalue weighted by atomic mass is 32.2. The van der Waals surface area contributed by atoms with Gasteiger partial charge in [-0.1, -0.05) is 12.1 Å². The topological polar surface area (TPSA) is 58.6 Å². The lowest BCUT2D eigenvalue weighted by Crippen LogP contribution is -2.44. The van der Waals surface area contributed by atoms with E-state index >= 15 is 0 Å². The molecule has 3 atom stereocenters. The molecule has 1 N–H and O–H groups in total. The molecule has 0 aliphatic carbocycles. The zero-order chi connectivity index (χ0) is 16.4. The third-order valence-corrected chi connectivity index (χ3v) is 5.43. The van der Waals surface area contributed by atoms with E-state index < -0.39 is 10.0 Å². The molecule has 0 bridgehead atoms. The molecule has 5 nitrogen and oxygen atoms in total. The summed E-state index contributed by atoms with van der Waals surface area (Å²) in [6.07, 6.45) is 2.12. The van der Waals surface area contributed by atoms with Crippen molar-refractivity contribution in [3.8, 4) is 0 Å². The molecule has 0 amide bonds. The number of benzene rings is 1. The molecule has 2 saturated heterocycles. The van der Waals surface area contributed by atoms with Gasteiger partial charge in [-0.3, -0.25) is 4.90 Å². The summed E-state index contributed by atoms with van der Waals surface area (Å²) >= 11 is 0. The third kappa shape index (κ3) is 4.50. The molecule has 7 heteroatoms. The molecule has 1 aromatic rings. The first kappa shape index (κ1) is 16.8. The Morgan fingerprint density at radius 2 is 2.26 bits per heavy atom. The molecule has 0 aromatic heterocycles. The maximum absolute atomic E-state index is 13.3. The van der Waals surface area contributed by atoms with Crippen LogP contribution < -0.4 is 4.72 Å². The Bertz CT molecular complexity index is 652. The number of piperidine rings is 1. The number of hydrogen-bond donors (Lipinski definition) is 1. The third-order valence-electron chi connectivity index (χ3n) is 4.73. The van der Waals surface area contributed by atoms with E-state index in [9.17, 15) is 12.8 Å². The molecule has 1 aromatic carbocycles. The molecular weight excluding hydrogens is 319 g/mol. The van der Waals surface area contributed by atoms with E-state index in [1.54, 1.807) is 12.1 Å². The lowest BCUT2D eigenvalue weighted by atomic mass is 9.84. The van der Waals surface area contributed by atoms with E-state index in [0.29, 0.717) is 31.5 Å². The number of rotatable bonds is 5. The molecule has 0 radical (unpaired) electrons. The normalized spacial score (nSPS) is 28.7. The Morgan fingerprint density at radius 1 is 1.43 bits per heavy atom. The molecule has 2 heterocycles. The molecule has 3 rings (SSSR count). The van der Waals surface area contributed by atoms with Gasteiger partial charge in [0.25, 0.3) is 0 Å². The van der Waals surface area contributed by atoms with Crippen molar-refractivity contribution in [1.29, 1.82) is 0 Å². The van der Waals surface area contributed by atoms with E-state index in [1.165, 1.54) is 6.07 Å². The Hall–Kier alpha value is -1.02. The lowest BCUT2D eigenvalue weighted by molar-refractivity contribution is 0.0776. The second-order valence-electron chi connectivity index (χ2n) is 6.57. The summed E-state index contributed by atoms with van der Waals surface area (Å²) in [5, 5.41) is 0. The molecular formula is C16H23FN2O3S. The van der Waals surface area contributed by atoms with Crippen molar-refractivity contribution in [3.05, 3.63) is 35.6 Å². The van der Waals surface area contributed by atoms with Gasteiger partial charge in [0.1, 0.15) is 5.82 Å². The minimum absolute atomic E-state index is 0.0787. The van der Waals surface area contributed by atoms with E-state index in [0.717, 1.165) is 31.3 Å². The number of halogens is 1. The predicted molar refractivity (Wildman–Crippen MR) is 85.9 cm³/mol. The van der Waals surface area contributed by atoms with Crippen LogP contribution in [0.4, 0.5) is 4.39 Å². The highest BCUT2D eigenvalue weighted by molar-refractivity contribution is 7.88. The molecule has 2 aliphatic rings. The summed E-state index contributed by atoms with van der Waals surface area (Å²) in [4.78, 5) is 2.30. The summed E-state index contributed by atoms with van der Waals surface area (Å²) in [5.74, 6) is 0.605. The highest BCUT2D eigenvalue weighted by Gasteiger charge is 2.40. The first-order valence-corrected chi connectivity index (χ1v) is 9.83. The van der Waals surface area contributed by atoms with Crippen LogP contribution in [0.5, 0.6) is 0 Å². The van der Waals surface area contributed by atoms with Gasteiger partial charge in [0.2, 0.25) is 10.0 Å². The SMILES string of the molecule is CS(=O)(=O)NC[C@H]1OC[C@@H]2CCN(Cc3cccc(F)c3)C[C@@H]21. The monoisotopic (exact) mass is 342 g/mol. The van der Waals surface area contributed by atoms with E-state index in [-0.39, 0.29) is 11.9 Å². The second-order valence-corrected chi connectivity index (χ2v) is 8.40. The zero-order valence-electron chi connectivity index (χ0n) is 13.2. The fourth-order valence-electron chi connectivity index (χ4n) is 3.58. The standard InChI is InChI=1S/C16H23FN2O3S/c1-23(20,21)18-8-16-15-10-19(6-5-13(15)11-22-16)9-12-3-2-4-14(17)7-12/h2-4,7,13,15-16,18H,5-6,8-11H2,1H3/t13-,15-,16+/m0/s1. The first-order chi connectivity index (χ1) is 10.9. The van der Waals surface area contributed by atoms with Gasteiger partial charge >= 0.3 is 0 Å². The van der Waals surface area contributed by atoms with E-state index in [2.05, 4.69) is 9.62 Å². The van der Waals surface area contributed by atoms with Gasteiger partial charge in [0.05, 0.1) is 19.0 Å².